The fourth-order valence-electron chi connectivity index (χ4n) is 4.07. The van der Waals surface area contributed by atoms with Crippen molar-refractivity contribution in [3.8, 4) is 34.0 Å². The molecule has 1 heterocycles. The van der Waals surface area contributed by atoms with Crippen LogP contribution < -0.4 is 10.1 Å². The van der Waals surface area contributed by atoms with Gasteiger partial charge in [-0.05, 0) is 90.3 Å². The van der Waals surface area contributed by atoms with Crippen molar-refractivity contribution in [1.82, 2.24) is 14.8 Å². The second-order valence-electron chi connectivity index (χ2n) is 9.20. The first-order valence-electron chi connectivity index (χ1n) is 12.3. The van der Waals surface area contributed by atoms with Crippen molar-refractivity contribution in [2.45, 2.75) is 19.2 Å². The maximum atomic E-state index is 14.4. The van der Waals surface area contributed by atoms with Gasteiger partial charge in [0.05, 0.1) is 5.69 Å². The Labute approximate surface area is 235 Å². The summed E-state index contributed by atoms with van der Waals surface area (Å²) in [7, 11) is 0. The average Bonchev–Trinajstić information content (AvgIpc) is 3.43. The summed E-state index contributed by atoms with van der Waals surface area (Å²) < 4.78 is 82.7. The Kier molecular flexibility index (Phi) is 7.46. The number of rotatable bonds is 7. The molecule has 42 heavy (non-hydrogen) atoms. The number of aryl methyl sites for hydroxylation is 1. The van der Waals surface area contributed by atoms with Gasteiger partial charge in [0, 0.05) is 16.8 Å². The highest BCUT2D eigenvalue weighted by Gasteiger charge is 2.61. The molecule has 5 rings (SSSR count). The number of nitrogens with zero attached hydrogens (tertiary/aromatic N) is 3. The van der Waals surface area contributed by atoms with E-state index in [-0.39, 0.29) is 11.4 Å². The van der Waals surface area contributed by atoms with Gasteiger partial charge in [-0.2, -0.15) is 22.0 Å². The van der Waals surface area contributed by atoms with Gasteiger partial charge in [0.1, 0.15) is 17.9 Å². The SMILES string of the molecule is Cc1ccccc1-c1cc(F)cc(C(=O)Nc2ccc(-c3ncn(-c4ccc(OC(F)(F)C(F)(F)F)cc4)n3)cc2)c1. The second kappa shape index (κ2) is 11.0. The Balaban J connectivity index is 1.27. The molecule has 1 N–H and O–H groups in total. The molecule has 0 unspecified atom stereocenters. The van der Waals surface area contributed by atoms with Crippen molar-refractivity contribution in [2.75, 3.05) is 5.32 Å². The zero-order valence-corrected chi connectivity index (χ0v) is 21.7. The lowest BCUT2D eigenvalue weighted by molar-refractivity contribution is -0.360. The fraction of sp³-hybridized carbons (Fsp3) is 0.100. The highest BCUT2D eigenvalue weighted by Crippen LogP contribution is 2.37. The van der Waals surface area contributed by atoms with Crippen LogP contribution in [0.3, 0.4) is 0 Å². The molecule has 0 aliphatic rings. The van der Waals surface area contributed by atoms with Crippen molar-refractivity contribution in [3.63, 3.8) is 0 Å². The molecule has 0 spiro atoms. The van der Waals surface area contributed by atoms with Crippen LogP contribution in [0.4, 0.5) is 32.0 Å². The average molecular weight is 583 g/mol. The number of hydrogen-bond acceptors (Lipinski definition) is 4. The van der Waals surface area contributed by atoms with E-state index in [1.165, 1.54) is 29.2 Å². The minimum absolute atomic E-state index is 0.149. The summed E-state index contributed by atoms with van der Waals surface area (Å²) in [5, 5.41) is 7.03. The molecule has 0 fully saturated rings. The van der Waals surface area contributed by atoms with Crippen LogP contribution in [0.25, 0.3) is 28.2 Å². The number of alkyl halides is 5. The lowest BCUT2D eigenvalue weighted by Gasteiger charge is -2.20. The standard InChI is InChI=1S/C30H20F6N4O2/c1-18-4-2-3-5-26(18)20-14-21(16-22(31)15-20)28(41)38-23-8-6-19(7-9-23)27-37-17-40(39-27)24-10-12-25(13-11-24)42-30(35,36)29(32,33)34/h2-17H,1H3,(H,38,41). The number of hydrogen-bond donors (Lipinski definition) is 1. The largest absolute Gasteiger partial charge is 0.499 e. The number of aromatic nitrogens is 3. The van der Waals surface area contributed by atoms with E-state index in [2.05, 4.69) is 20.1 Å². The van der Waals surface area contributed by atoms with Crippen LogP contribution in [-0.4, -0.2) is 33.0 Å². The highest BCUT2D eigenvalue weighted by atomic mass is 19.4. The maximum absolute atomic E-state index is 14.4. The van der Waals surface area contributed by atoms with Gasteiger partial charge in [-0.25, -0.2) is 14.1 Å². The molecule has 12 heteroatoms. The normalized spacial score (nSPS) is 11.8. The molecule has 0 aliphatic heterocycles. The topological polar surface area (TPSA) is 69.0 Å². The van der Waals surface area contributed by atoms with Gasteiger partial charge in [0.25, 0.3) is 5.91 Å². The van der Waals surface area contributed by atoms with Gasteiger partial charge in [-0.3, -0.25) is 4.79 Å². The van der Waals surface area contributed by atoms with Crippen LogP contribution in [0, 0.1) is 12.7 Å². The number of benzene rings is 4. The monoisotopic (exact) mass is 582 g/mol. The predicted molar refractivity (Wildman–Crippen MR) is 143 cm³/mol. The van der Waals surface area contributed by atoms with E-state index in [1.807, 2.05) is 31.2 Å². The summed E-state index contributed by atoms with van der Waals surface area (Å²) in [5.41, 5.74) is 3.83. The summed E-state index contributed by atoms with van der Waals surface area (Å²) in [6, 6.07) is 22.5. The molecule has 1 amide bonds. The Bertz CT molecular complexity index is 1730. The first kappa shape index (κ1) is 28.4. The van der Waals surface area contributed by atoms with Gasteiger partial charge in [0.2, 0.25) is 0 Å². The van der Waals surface area contributed by atoms with Gasteiger partial charge in [-0.1, -0.05) is 24.3 Å². The third-order valence-corrected chi connectivity index (χ3v) is 6.19. The Morgan fingerprint density at radius 3 is 2.21 bits per heavy atom. The highest BCUT2D eigenvalue weighted by molar-refractivity contribution is 6.05. The predicted octanol–water partition coefficient (Wildman–Crippen LogP) is 7.84. The molecule has 0 atom stereocenters. The van der Waals surface area contributed by atoms with Crippen LogP contribution in [0.2, 0.25) is 0 Å². The van der Waals surface area contributed by atoms with Crippen LogP contribution in [-0.2, 0) is 0 Å². The van der Waals surface area contributed by atoms with Crippen LogP contribution in [0.15, 0.2) is 97.3 Å². The van der Waals surface area contributed by atoms with Gasteiger partial charge in [-0.15, -0.1) is 5.10 Å². The smallest absolute Gasteiger partial charge is 0.426 e. The number of amides is 1. The summed E-state index contributed by atoms with van der Waals surface area (Å²) in [4.78, 5) is 17.1. The van der Waals surface area contributed by atoms with Gasteiger partial charge in [0.15, 0.2) is 5.82 Å². The van der Waals surface area contributed by atoms with Crippen molar-refractivity contribution >= 4 is 11.6 Å². The van der Waals surface area contributed by atoms with Gasteiger partial charge >= 0.3 is 12.3 Å². The molecular formula is C30H20F6N4O2. The minimum Gasteiger partial charge on any atom is -0.426 e. The number of nitrogens with one attached hydrogen (secondary N) is 1. The lowest BCUT2D eigenvalue weighted by atomic mass is 9.98. The molecule has 214 valence electrons. The van der Waals surface area contributed by atoms with Crippen LogP contribution in [0.5, 0.6) is 5.75 Å². The van der Waals surface area contributed by atoms with Crippen molar-refractivity contribution in [3.05, 3.63) is 114 Å². The Morgan fingerprint density at radius 2 is 1.55 bits per heavy atom. The maximum Gasteiger partial charge on any atom is 0.499 e. The van der Waals surface area contributed by atoms with Crippen LogP contribution >= 0.6 is 0 Å². The molecule has 4 aromatic carbocycles. The molecule has 0 saturated carbocycles. The number of anilines is 1. The molecule has 0 bridgehead atoms. The summed E-state index contributed by atoms with van der Waals surface area (Å²) >= 11 is 0. The minimum atomic E-state index is -5.85. The first-order valence-corrected chi connectivity index (χ1v) is 12.3. The fourth-order valence-corrected chi connectivity index (χ4v) is 4.07. The number of carbonyl (C=O) groups is 1. The van der Waals surface area contributed by atoms with E-state index in [0.717, 1.165) is 29.3 Å². The number of carbonyl (C=O) groups excluding carboxylic acids is 1. The molecular weight excluding hydrogens is 562 g/mol. The third-order valence-electron chi connectivity index (χ3n) is 6.19. The third kappa shape index (κ3) is 6.12. The van der Waals surface area contributed by atoms with E-state index < -0.39 is 29.8 Å². The van der Waals surface area contributed by atoms with Crippen molar-refractivity contribution in [2.24, 2.45) is 0 Å². The Hall–Kier alpha value is -5.13. The van der Waals surface area contributed by atoms with E-state index >= 15 is 0 Å². The van der Waals surface area contributed by atoms with Crippen LogP contribution in [0.1, 0.15) is 15.9 Å². The van der Waals surface area contributed by atoms with E-state index in [0.29, 0.717) is 22.5 Å². The summed E-state index contributed by atoms with van der Waals surface area (Å²) in [6.07, 6.45) is -9.85. The molecule has 6 nitrogen and oxygen atoms in total. The lowest BCUT2D eigenvalue weighted by Crippen LogP contribution is -2.41. The van der Waals surface area contributed by atoms with E-state index in [1.54, 1.807) is 30.3 Å². The number of halogens is 6. The first-order chi connectivity index (χ1) is 19.9. The van der Waals surface area contributed by atoms with E-state index in [4.69, 9.17) is 0 Å². The second-order valence-corrected chi connectivity index (χ2v) is 9.20. The zero-order valence-electron chi connectivity index (χ0n) is 21.7. The summed E-state index contributed by atoms with van der Waals surface area (Å²) in [6.45, 7) is 1.90. The summed E-state index contributed by atoms with van der Waals surface area (Å²) in [5.74, 6) is -1.44. The quantitative estimate of drug-likeness (QED) is 0.199. The zero-order chi connectivity index (χ0) is 30.1. The van der Waals surface area contributed by atoms with Crippen molar-refractivity contribution in [1.29, 1.82) is 0 Å². The van der Waals surface area contributed by atoms with Crippen molar-refractivity contribution < 1.29 is 35.9 Å². The molecule has 0 saturated heterocycles. The van der Waals surface area contributed by atoms with E-state index in [9.17, 15) is 31.1 Å². The van der Waals surface area contributed by atoms with Gasteiger partial charge < -0.3 is 10.1 Å². The molecule has 1 aromatic heterocycles. The molecule has 5 aromatic rings. The number of ether oxygens (including phenoxy) is 1. The Morgan fingerprint density at radius 1 is 0.857 bits per heavy atom. The molecule has 0 radical (unpaired) electrons. The molecule has 0 aliphatic carbocycles.